The number of hydrogen-bond donors (Lipinski definition) is 3. The fourth-order valence-electron chi connectivity index (χ4n) is 1.59. The summed E-state index contributed by atoms with van der Waals surface area (Å²) in [5.74, 6) is -1.64. The van der Waals surface area contributed by atoms with Gasteiger partial charge in [-0.2, -0.15) is 0 Å². The molecule has 1 unspecified atom stereocenters. The second-order valence-corrected chi connectivity index (χ2v) is 4.49. The molecule has 17 heavy (non-hydrogen) atoms. The Hall–Kier alpha value is -1.36. The summed E-state index contributed by atoms with van der Waals surface area (Å²) in [5, 5.41) is 12.2. The molecule has 0 amide bonds. The molecule has 0 radical (unpaired) electrons. The molecule has 0 spiro atoms. The number of hydrogen-bond acceptors (Lipinski definition) is 3. The zero-order chi connectivity index (χ0) is 13.0. The van der Waals surface area contributed by atoms with E-state index in [2.05, 4.69) is 5.32 Å². The second kappa shape index (κ2) is 5.82. The third kappa shape index (κ3) is 3.85. The van der Waals surface area contributed by atoms with Gasteiger partial charge in [-0.1, -0.05) is 13.8 Å². The monoisotopic (exact) mass is 244 g/mol. The number of benzene rings is 1. The first-order valence-corrected chi connectivity index (χ1v) is 5.57. The van der Waals surface area contributed by atoms with Crippen LogP contribution in [0, 0.1) is 17.6 Å². The Labute approximate surface area is 99.6 Å². The molecule has 1 aromatic rings. The van der Waals surface area contributed by atoms with Crippen LogP contribution in [0.2, 0.25) is 0 Å². The van der Waals surface area contributed by atoms with E-state index in [1.807, 2.05) is 13.8 Å². The average molecular weight is 244 g/mol. The molecule has 1 aromatic carbocycles. The minimum atomic E-state index is -1.01. The maximum Gasteiger partial charge on any atom is 0.183 e. The van der Waals surface area contributed by atoms with Crippen LogP contribution in [0.3, 0.4) is 0 Å². The van der Waals surface area contributed by atoms with Crippen molar-refractivity contribution in [2.45, 2.75) is 26.4 Å². The van der Waals surface area contributed by atoms with Crippen LogP contribution >= 0.6 is 0 Å². The third-order valence-corrected chi connectivity index (χ3v) is 2.39. The lowest BCUT2D eigenvalue weighted by molar-refractivity contribution is 0.161. The van der Waals surface area contributed by atoms with Gasteiger partial charge in [0, 0.05) is 6.54 Å². The van der Waals surface area contributed by atoms with E-state index in [9.17, 15) is 13.9 Å². The smallest absolute Gasteiger partial charge is 0.183 e. The van der Waals surface area contributed by atoms with Gasteiger partial charge in [-0.3, -0.25) is 0 Å². The third-order valence-electron chi connectivity index (χ3n) is 2.39. The first-order valence-electron chi connectivity index (χ1n) is 5.57. The van der Waals surface area contributed by atoms with E-state index in [1.165, 1.54) is 6.07 Å². The van der Waals surface area contributed by atoms with E-state index in [0.717, 1.165) is 6.07 Å². The van der Waals surface area contributed by atoms with Gasteiger partial charge in [-0.05, 0) is 24.5 Å². The Bertz CT molecular complexity index is 383. The highest BCUT2D eigenvalue weighted by molar-refractivity contribution is 5.66. The van der Waals surface area contributed by atoms with Crippen LogP contribution in [-0.2, 0) is 0 Å². The highest BCUT2D eigenvalue weighted by Gasteiger charge is 2.13. The SMILES string of the molecule is CC(C)CC(O)CNc1c(N)ccc(F)c1F. The molecule has 1 atom stereocenters. The maximum absolute atomic E-state index is 13.4. The molecule has 1 rings (SSSR count). The molecule has 0 aromatic heterocycles. The van der Waals surface area contributed by atoms with E-state index in [1.54, 1.807) is 0 Å². The molecule has 0 aliphatic carbocycles. The van der Waals surface area contributed by atoms with E-state index in [4.69, 9.17) is 5.73 Å². The second-order valence-electron chi connectivity index (χ2n) is 4.49. The standard InChI is InChI=1S/C12H18F2N2O/c1-7(2)5-8(17)6-16-12-10(15)4-3-9(13)11(12)14/h3-4,7-8,16-17H,5-6,15H2,1-2H3. The number of nitrogens with two attached hydrogens (primary N) is 1. The largest absolute Gasteiger partial charge is 0.397 e. The van der Waals surface area contributed by atoms with Gasteiger partial charge in [-0.25, -0.2) is 8.78 Å². The Morgan fingerprint density at radius 2 is 2.00 bits per heavy atom. The van der Waals surface area contributed by atoms with Crippen molar-refractivity contribution < 1.29 is 13.9 Å². The van der Waals surface area contributed by atoms with Crippen LogP contribution < -0.4 is 11.1 Å². The first-order chi connectivity index (χ1) is 7.91. The van der Waals surface area contributed by atoms with Gasteiger partial charge in [0.05, 0.1) is 17.5 Å². The summed E-state index contributed by atoms with van der Waals surface area (Å²) in [7, 11) is 0. The lowest BCUT2D eigenvalue weighted by atomic mass is 10.1. The molecule has 0 heterocycles. The van der Waals surface area contributed by atoms with Gasteiger partial charge in [-0.15, -0.1) is 0 Å². The summed E-state index contributed by atoms with van der Waals surface area (Å²) < 4.78 is 26.3. The van der Waals surface area contributed by atoms with Crippen molar-refractivity contribution in [2.75, 3.05) is 17.6 Å². The van der Waals surface area contributed by atoms with E-state index < -0.39 is 17.7 Å². The van der Waals surface area contributed by atoms with Crippen molar-refractivity contribution in [1.82, 2.24) is 0 Å². The fourth-order valence-corrected chi connectivity index (χ4v) is 1.59. The summed E-state index contributed by atoms with van der Waals surface area (Å²) in [6, 6.07) is 2.26. The molecule has 0 aliphatic rings. The summed E-state index contributed by atoms with van der Waals surface area (Å²) in [6.45, 7) is 4.09. The van der Waals surface area contributed by atoms with E-state index in [0.29, 0.717) is 12.3 Å². The highest BCUT2D eigenvalue weighted by Crippen LogP contribution is 2.24. The van der Waals surface area contributed by atoms with Crippen LogP contribution in [-0.4, -0.2) is 17.8 Å². The molecular formula is C12H18F2N2O. The average Bonchev–Trinajstić information content (AvgIpc) is 2.23. The number of anilines is 2. The lowest BCUT2D eigenvalue weighted by Crippen LogP contribution is -2.22. The van der Waals surface area contributed by atoms with Gasteiger partial charge >= 0.3 is 0 Å². The molecule has 0 saturated heterocycles. The van der Waals surface area contributed by atoms with Crippen molar-refractivity contribution >= 4 is 11.4 Å². The van der Waals surface area contributed by atoms with E-state index >= 15 is 0 Å². The van der Waals surface area contributed by atoms with Gasteiger partial charge in [0.25, 0.3) is 0 Å². The molecule has 0 aliphatic heterocycles. The predicted molar refractivity (Wildman–Crippen MR) is 64.7 cm³/mol. The molecule has 3 nitrogen and oxygen atoms in total. The van der Waals surface area contributed by atoms with Crippen LogP contribution in [0.15, 0.2) is 12.1 Å². The molecule has 96 valence electrons. The van der Waals surface area contributed by atoms with Gasteiger partial charge in [0.1, 0.15) is 0 Å². The minimum absolute atomic E-state index is 0.0900. The van der Waals surface area contributed by atoms with Crippen molar-refractivity contribution in [3.05, 3.63) is 23.8 Å². The van der Waals surface area contributed by atoms with Crippen LogP contribution in [0.4, 0.5) is 20.2 Å². The topological polar surface area (TPSA) is 58.3 Å². The summed E-state index contributed by atoms with van der Waals surface area (Å²) in [6.07, 6.45) is -0.0267. The lowest BCUT2D eigenvalue weighted by Gasteiger charge is -2.16. The number of aliphatic hydroxyl groups excluding tert-OH is 1. The molecular weight excluding hydrogens is 226 g/mol. The van der Waals surface area contributed by atoms with Crippen LogP contribution in [0.5, 0.6) is 0 Å². The summed E-state index contributed by atoms with van der Waals surface area (Å²) in [5.41, 5.74) is 5.56. The Kier molecular flexibility index (Phi) is 4.69. The first kappa shape index (κ1) is 13.7. The molecule has 4 N–H and O–H groups in total. The number of rotatable bonds is 5. The molecule has 5 heteroatoms. The summed E-state index contributed by atoms with van der Waals surface area (Å²) >= 11 is 0. The predicted octanol–water partition coefficient (Wildman–Crippen LogP) is 2.37. The van der Waals surface area contributed by atoms with Crippen molar-refractivity contribution in [1.29, 1.82) is 0 Å². The fraction of sp³-hybridized carbons (Fsp3) is 0.500. The van der Waals surface area contributed by atoms with Gasteiger partial charge in [0.15, 0.2) is 11.6 Å². The van der Waals surface area contributed by atoms with Crippen LogP contribution in [0.1, 0.15) is 20.3 Å². The molecule has 0 saturated carbocycles. The zero-order valence-electron chi connectivity index (χ0n) is 10.0. The Balaban J connectivity index is 2.66. The van der Waals surface area contributed by atoms with E-state index in [-0.39, 0.29) is 17.9 Å². The van der Waals surface area contributed by atoms with Gasteiger partial charge < -0.3 is 16.2 Å². The quantitative estimate of drug-likeness (QED) is 0.697. The highest BCUT2D eigenvalue weighted by atomic mass is 19.2. The number of halogens is 2. The van der Waals surface area contributed by atoms with Crippen molar-refractivity contribution in [2.24, 2.45) is 5.92 Å². The van der Waals surface area contributed by atoms with Crippen LogP contribution in [0.25, 0.3) is 0 Å². The Morgan fingerprint density at radius 3 is 2.59 bits per heavy atom. The Morgan fingerprint density at radius 1 is 1.35 bits per heavy atom. The van der Waals surface area contributed by atoms with Crippen molar-refractivity contribution in [3.63, 3.8) is 0 Å². The number of aliphatic hydroxyl groups is 1. The normalized spacial score (nSPS) is 12.8. The summed E-state index contributed by atoms with van der Waals surface area (Å²) in [4.78, 5) is 0. The zero-order valence-corrected chi connectivity index (χ0v) is 10.0. The number of nitrogens with one attached hydrogen (secondary N) is 1. The molecule has 0 fully saturated rings. The maximum atomic E-state index is 13.4. The number of nitrogen functional groups attached to an aromatic ring is 1. The minimum Gasteiger partial charge on any atom is -0.397 e. The van der Waals surface area contributed by atoms with Gasteiger partial charge in [0.2, 0.25) is 0 Å². The van der Waals surface area contributed by atoms with Crippen molar-refractivity contribution in [3.8, 4) is 0 Å². The molecule has 0 bridgehead atoms.